The van der Waals surface area contributed by atoms with Crippen molar-refractivity contribution in [3.63, 3.8) is 0 Å². The number of esters is 1. The van der Waals surface area contributed by atoms with E-state index < -0.39 is 37.4 Å². The van der Waals surface area contributed by atoms with Crippen molar-refractivity contribution in [2.24, 2.45) is 5.41 Å². The number of carbonyl (C=O) groups is 1. The topological polar surface area (TPSA) is 38.3 Å². The highest BCUT2D eigenvalue weighted by molar-refractivity contribution is 5.69. The fourth-order valence-corrected chi connectivity index (χ4v) is 2.02. The van der Waals surface area contributed by atoms with E-state index in [2.05, 4.69) is 10.1 Å². The second-order valence-corrected chi connectivity index (χ2v) is 4.94. The molecule has 0 bridgehead atoms. The molecule has 0 aliphatic rings. The molecule has 1 rings (SSSR count). The summed E-state index contributed by atoms with van der Waals surface area (Å²) < 4.78 is 44.2. The highest BCUT2D eigenvalue weighted by Crippen LogP contribution is 2.30. The Labute approximate surface area is 122 Å². The molecular formula is C15H20F3NO2. The molecule has 0 heterocycles. The molecule has 0 aliphatic heterocycles. The maximum atomic E-state index is 13.2. The van der Waals surface area contributed by atoms with Crippen molar-refractivity contribution in [3.8, 4) is 0 Å². The molecule has 0 fully saturated rings. The number of halogens is 3. The van der Waals surface area contributed by atoms with E-state index in [9.17, 15) is 18.0 Å². The molecule has 21 heavy (non-hydrogen) atoms. The fourth-order valence-electron chi connectivity index (χ4n) is 2.02. The zero-order chi connectivity index (χ0) is 15.7. The standard InChI is InChI=1S/C15H20F3NO2/c1-21-14(20)8-7-13(15(9-16,10-17)11-18)19-12-5-3-2-4-6-12/h2-6,13,19H,7-11H2,1H3. The van der Waals surface area contributed by atoms with E-state index in [1.807, 2.05) is 0 Å². The van der Waals surface area contributed by atoms with E-state index in [0.717, 1.165) is 0 Å². The lowest BCUT2D eigenvalue weighted by Crippen LogP contribution is -2.46. The highest BCUT2D eigenvalue weighted by atomic mass is 19.1. The Bertz CT molecular complexity index is 416. The van der Waals surface area contributed by atoms with Gasteiger partial charge in [0.15, 0.2) is 0 Å². The Balaban J connectivity index is 2.90. The van der Waals surface area contributed by atoms with Gasteiger partial charge in [-0.05, 0) is 18.6 Å². The second-order valence-electron chi connectivity index (χ2n) is 4.94. The normalized spacial score (nSPS) is 12.8. The summed E-state index contributed by atoms with van der Waals surface area (Å²) in [6, 6.07) is 7.87. The van der Waals surface area contributed by atoms with E-state index in [0.29, 0.717) is 5.69 Å². The van der Waals surface area contributed by atoms with E-state index in [1.54, 1.807) is 30.3 Å². The number of para-hydroxylation sites is 1. The van der Waals surface area contributed by atoms with Gasteiger partial charge in [-0.1, -0.05) is 18.2 Å². The lowest BCUT2D eigenvalue weighted by Gasteiger charge is -2.35. The maximum absolute atomic E-state index is 13.2. The fraction of sp³-hybridized carbons (Fsp3) is 0.533. The van der Waals surface area contributed by atoms with Gasteiger partial charge in [0.25, 0.3) is 0 Å². The van der Waals surface area contributed by atoms with Gasteiger partial charge < -0.3 is 10.1 Å². The quantitative estimate of drug-likeness (QED) is 0.711. The number of carbonyl (C=O) groups excluding carboxylic acids is 1. The third-order valence-corrected chi connectivity index (χ3v) is 3.52. The minimum absolute atomic E-state index is 0.0389. The number of hydrogen-bond donors (Lipinski definition) is 1. The minimum Gasteiger partial charge on any atom is -0.469 e. The smallest absolute Gasteiger partial charge is 0.305 e. The van der Waals surface area contributed by atoms with Crippen LogP contribution in [-0.2, 0) is 9.53 Å². The lowest BCUT2D eigenvalue weighted by molar-refractivity contribution is -0.141. The van der Waals surface area contributed by atoms with Crippen LogP contribution >= 0.6 is 0 Å². The number of hydrogen-bond acceptors (Lipinski definition) is 3. The van der Waals surface area contributed by atoms with Gasteiger partial charge in [0, 0.05) is 18.2 Å². The number of nitrogens with one attached hydrogen (secondary N) is 1. The Hall–Kier alpha value is -1.72. The third-order valence-electron chi connectivity index (χ3n) is 3.52. The molecule has 3 nitrogen and oxygen atoms in total. The Morgan fingerprint density at radius 2 is 1.76 bits per heavy atom. The molecule has 1 aromatic rings. The predicted octanol–water partition coefficient (Wildman–Crippen LogP) is 3.32. The van der Waals surface area contributed by atoms with E-state index in [-0.39, 0.29) is 12.8 Å². The molecule has 118 valence electrons. The van der Waals surface area contributed by atoms with Crippen molar-refractivity contribution in [2.75, 3.05) is 32.5 Å². The van der Waals surface area contributed by atoms with Gasteiger partial charge in [-0.3, -0.25) is 18.0 Å². The summed E-state index contributed by atoms with van der Waals surface area (Å²) >= 11 is 0. The van der Waals surface area contributed by atoms with Gasteiger partial charge in [0.1, 0.15) is 20.0 Å². The zero-order valence-electron chi connectivity index (χ0n) is 12.0. The average Bonchev–Trinajstić information content (AvgIpc) is 2.55. The number of rotatable bonds is 9. The summed E-state index contributed by atoms with van der Waals surface area (Å²) in [5.41, 5.74) is -1.17. The molecule has 0 spiro atoms. The summed E-state index contributed by atoms with van der Waals surface area (Å²) in [5.74, 6) is -0.500. The van der Waals surface area contributed by atoms with Gasteiger partial charge in [-0.2, -0.15) is 0 Å². The molecule has 0 saturated heterocycles. The van der Waals surface area contributed by atoms with Gasteiger partial charge in [-0.25, -0.2) is 0 Å². The van der Waals surface area contributed by atoms with Gasteiger partial charge >= 0.3 is 5.97 Å². The Morgan fingerprint density at radius 3 is 2.24 bits per heavy atom. The molecule has 1 aromatic carbocycles. The van der Waals surface area contributed by atoms with Crippen molar-refractivity contribution in [3.05, 3.63) is 30.3 Å². The number of anilines is 1. The van der Waals surface area contributed by atoms with E-state index in [4.69, 9.17) is 0 Å². The molecule has 0 aliphatic carbocycles. The van der Waals surface area contributed by atoms with Gasteiger partial charge in [0.2, 0.25) is 0 Å². The monoisotopic (exact) mass is 303 g/mol. The van der Waals surface area contributed by atoms with Crippen molar-refractivity contribution >= 4 is 11.7 Å². The highest BCUT2D eigenvalue weighted by Gasteiger charge is 2.40. The maximum Gasteiger partial charge on any atom is 0.305 e. The summed E-state index contributed by atoms with van der Waals surface area (Å²) in [7, 11) is 1.23. The summed E-state index contributed by atoms with van der Waals surface area (Å²) in [6.07, 6.45) is 0.0437. The average molecular weight is 303 g/mol. The molecule has 0 amide bonds. The first-order valence-electron chi connectivity index (χ1n) is 6.68. The first-order chi connectivity index (χ1) is 10.1. The molecule has 6 heteroatoms. The number of benzene rings is 1. The van der Waals surface area contributed by atoms with Crippen LogP contribution in [0.25, 0.3) is 0 Å². The first kappa shape index (κ1) is 17.3. The lowest BCUT2D eigenvalue weighted by atomic mass is 9.81. The van der Waals surface area contributed by atoms with Crippen LogP contribution in [0.3, 0.4) is 0 Å². The van der Waals surface area contributed by atoms with Crippen LogP contribution in [0.2, 0.25) is 0 Å². The minimum atomic E-state index is -1.79. The molecular weight excluding hydrogens is 283 g/mol. The summed E-state index contributed by atoms with van der Waals surface area (Å²) in [6.45, 7) is -3.44. The molecule has 0 aromatic heterocycles. The molecule has 1 atom stereocenters. The van der Waals surface area contributed by atoms with E-state index >= 15 is 0 Å². The number of alkyl halides is 3. The van der Waals surface area contributed by atoms with Crippen LogP contribution in [0.1, 0.15) is 12.8 Å². The third kappa shape index (κ3) is 4.65. The van der Waals surface area contributed by atoms with Gasteiger partial charge in [-0.15, -0.1) is 0 Å². The molecule has 1 N–H and O–H groups in total. The van der Waals surface area contributed by atoms with Crippen molar-refractivity contribution in [1.82, 2.24) is 0 Å². The summed E-state index contributed by atoms with van der Waals surface area (Å²) in [4.78, 5) is 11.2. The van der Waals surface area contributed by atoms with Crippen molar-refractivity contribution < 1.29 is 22.7 Å². The number of ether oxygens (including phenoxy) is 1. The first-order valence-corrected chi connectivity index (χ1v) is 6.68. The second kappa shape index (κ2) is 8.54. The van der Waals surface area contributed by atoms with Crippen molar-refractivity contribution in [1.29, 1.82) is 0 Å². The van der Waals surface area contributed by atoms with Crippen LogP contribution in [0, 0.1) is 5.41 Å². The van der Waals surface area contributed by atoms with Crippen LogP contribution < -0.4 is 5.32 Å². The van der Waals surface area contributed by atoms with E-state index in [1.165, 1.54) is 7.11 Å². The van der Waals surface area contributed by atoms with Gasteiger partial charge in [0.05, 0.1) is 12.5 Å². The Morgan fingerprint density at radius 1 is 1.19 bits per heavy atom. The number of methoxy groups -OCH3 is 1. The van der Waals surface area contributed by atoms with Crippen LogP contribution in [-0.4, -0.2) is 39.1 Å². The molecule has 0 saturated carbocycles. The van der Waals surface area contributed by atoms with Crippen LogP contribution in [0.5, 0.6) is 0 Å². The molecule has 1 unspecified atom stereocenters. The SMILES string of the molecule is COC(=O)CCC(Nc1ccccc1)C(CF)(CF)CF. The largest absolute Gasteiger partial charge is 0.469 e. The van der Waals surface area contributed by atoms with Crippen LogP contribution in [0.15, 0.2) is 30.3 Å². The van der Waals surface area contributed by atoms with Crippen molar-refractivity contribution in [2.45, 2.75) is 18.9 Å². The zero-order valence-corrected chi connectivity index (χ0v) is 12.0. The predicted molar refractivity (Wildman–Crippen MR) is 75.5 cm³/mol. The Kier molecular flexibility index (Phi) is 7.05. The van der Waals surface area contributed by atoms with Crippen LogP contribution in [0.4, 0.5) is 18.9 Å². The molecule has 0 radical (unpaired) electrons. The summed E-state index contributed by atoms with van der Waals surface area (Å²) in [5, 5.41) is 2.92.